The molecular weight excluding hydrogens is 446 g/mol. The first-order valence-electron chi connectivity index (χ1n) is 12.1. The van der Waals surface area contributed by atoms with Gasteiger partial charge >= 0.3 is 0 Å². The van der Waals surface area contributed by atoms with Crippen molar-refractivity contribution in [2.24, 2.45) is 4.99 Å². The van der Waals surface area contributed by atoms with E-state index in [-0.39, 0.29) is 23.5 Å². The Balaban J connectivity index is 1.51. The molecule has 1 N–H and O–H groups in total. The fraction of sp³-hybridized carbons (Fsp3) is 0.577. The zero-order chi connectivity index (χ0) is 24.7. The number of nitrogens with zero attached hydrogens (tertiary/aromatic N) is 2. The van der Waals surface area contributed by atoms with Crippen LogP contribution in [0.3, 0.4) is 0 Å². The molecule has 3 aliphatic rings. The molecule has 0 spiro atoms. The van der Waals surface area contributed by atoms with E-state index < -0.39 is 19.7 Å². The third-order valence-corrected chi connectivity index (χ3v) is 11.6. The van der Waals surface area contributed by atoms with E-state index >= 15 is 0 Å². The Morgan fingerprint density at radius 3 is 2.41 bits per heavy atom. The first-order valence-corrected chi connectivity index (χ1v) is 15.6. The molecule has 1 aliphatic carbocycles. The van der Waals surface area contributed by atoms with Crippen LogP contribution in [-0.2, 0) is 14.3 Å². The number of aliphatic imine (C=N–C) groups is 1. The van der Waals surface area contributed by atoms with Crippen LogP contribution in [0.25, 0.3) is 0 Å². The Labute approximate surface area is 203 Å². The Hall–Kier alpha value is -2.45. The number of ether oxygens (including phenoxy) is 2. The lowest BCUT2D eigenvalue weighted by Crippen LogP contribution is -2.55. The normalized spacial score (nSPS) is 21.5. The Kier molecular flexibility index (Phi) is 6.50. The zero-order valence-corrected chi connectivity index (χ0v) is 22.2. The number of hydrogen-bond acceptors (Lipinski definition) is 5. The molecule has 1 unspecified atom stereocenters. The van der Waals surface area contributed by atoms with Gasteiger partial charge in [-0.25, -0.2) is 0 Å². The lowest BCUT2D eigenvalue weighted by atomic mass is 9.83. The van der Waals surface area contributed by atoms with E-state index in [1.807, 2.05) is 49.1 Å². The molecule has 0 saturated heterocycles. The number of methoxy groups -OCH3 is 1. The smallest absolute Gasteiger partial charge is 0.267 e. The summed E-state index contributed by atoms with van der Waals surface area (Å²) in [5, 5.41) is 2.96. The Morgan fingerprint density at radius 1 is 1.18 bits per heavy atom. The maximum Gasteiger partial charge on any atom is 0.267 e. The van der Waals surface area contributed by atoms with E-state index in [1.165, 1.54) is 0 Å². The molecular formula is C26H37N3O4Si. The molecule has 0 bridgehead atoms. The molecule has 7 nitrogen and oxygen atoms in total. The highest BCUT2D eigenvalue weighted by Gasteiger charge is 2.54. The summed E-state index contributed by atoms with van der Waals surface area (Å²) in [7, 11) is -0.125. The van der Waals surface area contributed by atoms with E-state index in [9.17, 15) is 9.59 Å². The van der Waals surface area contributed by atoms with E-state index in [0.717, 1.165) is 30.4 Å². The fourth-order valence-electron chi connectivity index (χ4n) is 5.43. The van der Waals surface area contributed by atoms with Crippen LogP contribution in [0, 0.1) is 0 Å². The van der Waals surface area contributed by atoms with Gasteiger partial charge in [-0.05, 0) is 44.4 Å². The van der Waals surface area contributed by atoms with Crippen LogP contribution in [0.1, 0.15) is 33.1 Å². The second-order valence-electron chi connectivity index (χ2n) is 11.1. The summed E-state index contributed by atoms with van der Waals surface area (Å²) in [5.74, 6) is 1.24. The van der Waals surface area contributed by atoms with Crippen molar-refractivity contribution in [3.63, 3.8) is 0 Å². The summed E-state index contributed by atoms with van der Waals surface area (Å²) >= 11 is 0. The van der Waals surface area contributed by atoms with Crippen molar-refractivity contribution in [2.45, 2.75) is 69.4 Å². The zero-order valence-electron chi connectivity index (χ0n) is 21.2. The molecule has 0 aromatic heterocycles. The van der Waals surface area contributed by atoms with Gasteiger partial charge in [-0.1, -0.05) is 44.3 Å². The topological polar surface area (TPSA) is 80.2 Å². The van der Waals surface area contributed by atoms with Gasteiger partial charge in [0, 0.05) is 17.7 Å². The molecule has 1 saturated carbocycles. The average Bonchev–Trinajstić information content (AvgIpc) is 3.24. The molecule has 4 rings (SSSR count). The molecule has 1 aromatic carbocycles. The van der Waals surface area contributed by atoms with Crippen LogP contribution >= 0.6 is 0 Å². The average molecular weight is 484 g/mol. The lowest BCUT2D eigenvalue weighted by Gasteiger charge is -2.49. The van der Waals surface area contributed by atoms with Crippen molar-refractivity contribution < 1.29 is 19.1 Å². The van der Waals surface area contributed by atoms with Crippen LogP contribution in [-0.4, -0.2) is 69.1 Å². The highest BCUT2D eigenvalue weighted by Crippen LogP contribution is 2.55. The summed E-state index contributed by atoms with van der Waals surface area (Å²) in [6.07, 6.45) is 2.26. The number of amides is 2. The molecule has 2 aliphatic heterocycles. The highest BCUT2D eigenvalue weighted by atomic mass is 28.3. The van der Waals surface area contributed by atoms with Gasteiger partial charge in [0.15, 0.2) is 6.10 Å². The minimum absolute atomic E-state index is 0.109. The fourth-order valence-corrected chi connectivity index (χ4v) is 8.03. The summed E-state index contributed by atoms with van der Waals surface area (Å²) in [6.45, 7) is 11.9. The summed E-state index contributed by atoms with van der Waals surface area (Å²) in [6, 6.07) is 9.32. The largest absolute Gasteiger partial charge is 0.478 e. The molecule has 2 amide bonds. The highest BCUT2D eigenvalue weighted by molar-refractivity contribution is 6.82. The third-order valence-electron chi connectivity index (χ3n) is 7.97. The van der Waals surface area contributed by atoms with Crippen molar-refractivity contribution in [1.82, 2.24) is 10.2 Å². The van der Waals surface area contributed by atoms with Crippen molar-refractivity contribution in [3.05, 3.63) is 41.5 Å². The number of benzene rings is 1. The Morgan fingerprint density at radius 2 is 1.85 bits per heavy atom. The van der Waals surface area contributed by atoms with Crippen LogP contribution in [0.4, 0.5) is 0 Å². The molecule has 1 aromatic rings. The van der Waals surface area contributed by atoms with Gasteiger partial charge < -0.3 is 19.7 Å². The van der Waals surface area contributed by atoms with Gasteiger partial charge in [-0.2, -0.15) is 0 Å². The van der Waals surface area contributed by atoms with Gasteiger partial charge in [0.05, 0.1) is 33.3 Å². The molecule has 1 atom stereocenters. The van der Waals surface area contributed by atoms with Crippen molar-refractivity contribution >= 4 is 25.7 Å². The first kappa shape index (κ1) is 24.7. The SMILES string of the molecule is COCC(Oc1ccccc1)C(=O)N1CC2=C(CN=C2NC(=O)C2([Si](C)(C)C)CCC2)C1(C)C. The number of amidine groups is 1. The molecule has 8 heteroatoms. The molecule has 34 heavy (non-hydrogen) atoms. The molecule has 2 heterocycles. The molecule has 1 fully saturated rings. The summed E-state index contributed by atoms with van der Waals surface area (Å²) in [5.41, 5.74) is 1.52. The minimum Gasteiger partial charge on any atom is -0.478 e. The van der Waals surface area contributed by atoms with Gasteiger partial charge in [0.2, 0.25) is 5.91 Å². The van der Waals surface area contributed by atoms with Gasteiger partial charge in [-0.3, -0.25) is 14.6 Å². The number of rotatable bonds is 7. The second kappa shape index (κ2) is 8.96. The minimum atomic E-state index is -1.69. The maximum absolute atomic E-state index is 13.6. The number of carbonyl (C=O) groups is 2. The van der Waals surface area contributed by atoms with Crippen molar-refractivity contribution in [2.75, 3.05) is 26.8 Å². The number of para-hydroxylation sites is 1. The van der Waals surface area contributed by atoms with Crippen molar-refractivity contribution in [3.8, 4) is 5.75 Å². The van der Waals surface area contributed by atoms with E-state index in [4.69, 9.17) is 9.47 Å². The van der Waals surface area contributed by atoms with Crippen LogP contribution in [0.15, 0.2) is 46.5 Å². The van der Waals surface area contributed by atoms with Gasteiger partial charge in [0.1, 0.15) is 11.6 Å². The summed E-state index contributed by atoms with van der Waals surface area (Å²) in [4.78, 5) is 33.6. The first-order chi connectivity index (χ1) is 16.0. The van der Waals surface area contributed by atoms with E-state index in [0.29, 0.717) is 24.7 Å². The van der Waals surface area contributed by atoms with E-state index in [2.05, 4.69) is 30.0 Å². The third kappa shape index (κ3) is 4.11. The van der Waals surface area contributed by atoms with Crippen LogP contribution in [0.5, 0.6) is 5.75 Å². The van der Waals surface area contributed by atoms with Crippen molar-refractivity contribution in [1.29, 1.82) is 0 Å². The predicted octanol–water partition coefficient (Wildman–Crippen LogP) is 3.79. The number of nitrogens with one attached hydrogen (secondary N) is 1. The quantitative estimate of drug-likeness (QED) is 0.599. The monoisotopic (exact) mass is 483 g/mol. The number of hydrogen-bond donors (Lipinski definition) is 1. The standard InChI is InChI=1S/C26H37N3O4Si/c1-25(2)20-15-27-22(28-24(31)26(13-10-14-26)34(4,5)6)19(20)16-29(25)23(30)21(17-32-3)33-18-11-8-7-9-12-18/h7-9,11-12,21H,10,13-17H2,1-6H3,(H,27,28,31). The second-order valence-corrected chi connectivity index (χ2v) is 16.6. The van der Waals surface area contributed by atoms with Gasteiger partial charge in [0.25, 0.3) is 5.91 Å². The lowest BCUT2D eigenvalue weighted by molar-refractivity contribution is -0.143. The van der Waals surface area contributed by atoms with E-state index in [1.54, 1.807) is 7.11 Å². The van der Waals surface area contributed by atoms with Crippen LogP contribution < -0.4 is 10.1 Å². The van der Waals surface area contributed by atoms with Gasteiger partial charge in [-0.15, -0.1) is 0 Å². The maximum atomic E-state index is 13.6. The Bertz CT molecular complexity index is 1020. The number of carbonyl (C=O) groups excluding carboxylic acids is 2. The molecule has 184 valence electrons. The van der Waals surface area contributed by atoms with Crippen LogP contribution in [0.2, 0.25) is 24.7 Å². The summed E-state index contributed by atoms with van der Waals surface area (Å²) < 4.78 is 11.3. The molecule has 0 radical (unpaired) electrons. The predicted molar refractivity (Wildman–Crippen MR) is 136 cm³/mol.